The number of methoxy groups -OCH3 is 3. The summed E-state index contributed by atoms with van der Waals surface area (Å²) in [5.74, 6) is -1.84. The summed E-state index contributed by atoms with van der Waals surface area (Å²) in [5, 5.41) is 3.89. The Balaban J connectivity index is 1.12. The van der Waals surface area contributed by atoms with Crippen LogP contribution >= 0.6 is 23.2 Å². The van der Waals surface area contributed by atoms with Crippen LogP contribution in [-0.4, -0.2) is 98.2 Å². The average molecular weight is 802 g/mol. The highest BCUT2D eigenvalue weighted by atomic mass is 35.5. The zero-order chi connectivity index (χ0) is 39.3. The van der Waals surface area contributed by atoms with E-state index in [1.54, 1.807) is 25.3 Å². The molecule has 7 rings (SSSR count). The summed E-state index contributed by atoms with van der Waals surface area (Å²) in [5.41, 5.74) is 3.76. The lowest BCUT2D eigenvalue weighted by Gasteiger charge is -2.46. The van der Waals surface area contributed by atoms with Crippen LogP contribution in [0.25, 0.3) is 0 Å². The molecule has 4 heterocycles. The number of hydrogen-bond acceptors (Lipinski definition) is 9. The number of piperidine rings is 1. The molecule has 4 aliphatic rings. The molecule has 56 heavy (non-hydrogen) atoms. The van der Waals surface area contributed by atoms with Crippen LogP contribution in [0.1, 0.15) is 61.1 Å². The highest BCUT2D eigenvalue weighted by molar-refractivity contribution is 6.36. The van der Waals surface area contributed by atoms with Crippen molar-refractivity contribution in [1.29, 1.82) is 0 Å². The van der Waals surface area contributed by atoms with Gasteiger partial charge >= 0.3 is 11.9 Å². The van der Waals surface area contributed by atoms with Gasteiger partial charge in [-0.15, -0.1) is 0 Å². The fraction of sp³-hybridized carbons (Fsp3) is 0.432. The van der Waals surface area contributed by atoms with Gasteiger partial charge in [-0.3, -0.25) is 14.6 Å². The monoisotopic (exact) mass is 800 g/mol. The predicted molar refractivity (Wildman–Crippen MR) is 216 cm³/mol. The largest absolute Gasteiger partial charge is 0.496 e. The quantitative estimate of drug-likeness (QED) is 0.196. The lowest BCUT2D eigenvalue weighted by Crippen LogP contribution is -2.56. The molecule has 0 saturated carbocycles. The maximum absolute atomic E-state index is 14.3. The fourth-order valence-electron chi connectivity index (χ4n) is 9.29. The molecule has 1 N–H and O–H groups in total. The van der Waals surface area contributed by atoms with Gasteiger partial charge in [-0.05, 0) is 67.9 Å². The van der Waals surface area contributed by atoms with Crippen LogP contribution in [0.4, 0.5) is 0 Å². The highest BCUT2D eigenvalue weighted by Crippen LogP contribution is 2.46. The van der Waals surface area contributed by atoms with Crippen molar-refractivity contribution in [2.45, 2.75) is 75.5 Å². The molecule has 0 aliphatic carbocycles. The number of nitrogens with one attached hydrogen (secondary N) is 1. The second kappa shape index (κ2) is 17.8. The molecular weight excluding hydrogens is 751 g/mol. The first-order valence-corrected chi connectivity index (χ1v) is 20.2. The molecular formula is C44H50Cl2N4O6. The Morgan fingerprint density at radius 3 is 1.95 bits per heavy atom. The molecule has 3 aromatic rings. The first-order chi connectivity index (χ1) is 27.2. The topological polar surface area (TPSA) is 101 Å². The summed E-state index contributed by atoms with van der Waals surface area (Å²) in [7, 11) is 4.18. The van der Waals surface area contributed by atoms with Gasteiger partial charge in [-0.1, -0.05) is 77.8 Å². The van der Waals surface area contributed by atoms with Gasteiger partial charge in [0.15, 0.2) is 0 Å². The van der Waals surface area contributed by atoms with E-state index in [2.05, 4.69) is 45.4 Å². The number of carbonyl (C=O) groups excluding carboxylic acids is 3. The summed E-state index contributed by atoms with van der Waals surface area (Å²) in [6, 6.07) is 25.1. The summed E-state index contributed by atoms with van der Waals surface area (Å²) < 4.78 is 16.3. The molecule has 3 unspecified atom stereocenters. The lowest BCUT2D eigenvalue weighted by atomic mass is 9.78. The maximum Gasteiger partial charge on any atom is 0.336 e. The highest BCUT2D eigenvalue weighted by Gasteiger charge is 2.44. The van der Waals surface area contributed by atoms with Gasteiger partial charge in [0.05, 0.1) is 44.8 Å². The molecule has 296 valence electrons. The van der Waals surface area contributed by atoms with Crippen molar-refractivity contribution in [2.24, 2.45) is 0 Å². The molecule has 1 amide bonds. The van der Waals surface area contributed by atoms with Gasteiger partial charge < -0.3 is 24.4 Å². The zero-order valence-corrected chi connectivity index (χ0v) is 33.8. The van der Waals surface area contributed by atoms with Gasteiger partial charge in [0.1, 0.15) is 5.75 Å². The Hall–Kier alpha value is -4.35. The van der Waals surface area contributed by atoms with E-state index in [0.717, 1.165) is 38.0 Å². The number of dihydropyridines is 1. The Morgan fingerprint density at radius 2 is 1.32 bits per heavy atom. The Labute approximate surface area is 339 Å². The van der Waals surface area contributed by atoms with E-state index < -0.39 is 17.9 Å². The van der Waals surface area contributed by atoms with E-state index in [-0.39, 0.29) is 33.5 Å². The Kier molecular flexibility index (Phi) is 12.7. The van der Waals surface area contributed by atoms with Crippen molar-refractivity contribution in [1.82, 2.24) is 20.0 Å². The Bertz CT molecular complexity index is 1960. The third-order valence-electron chi connectivity index (χ3n) is 12.0. The summed E-state index contributed by atoms with van der Waals surface area (Å²) in [4.78, 5) is 49.0. The molecule has 3 atom stereocenters. The zero-order valence-electron chi connectivity index (χ0n) is 32.3. The van der Waals surface area contributed by atoms with Crippen LogP contribution in [0.5, 0.6) is 5.75 Å². The van der Waals surface area contributed by atoms with Crippen LogP contribution < -0.4 is 10.1 Å². The first kappa shape index (κ1) is 39.9. The van der Waals surface area contributed by atoms with Crippen LogP contribution in [0.3, 0.4) is 0 Å². The minimum atomic E-state index is -1.06. The van der Waals surface area contributed by atoms with E-state index in [1.807, 2.05) is 29.2 Å². The minimum Gasteiger partial charge on any atom is -0.496 e. The number of nitrogens with zero attached hydrogens (tertiary/aromatic N) is 3. The summed E-state index contributed by atoms with van der Waals surface area (Å²) in [6.07, 6.45) is 5.48. The number of aryl methyl sites for hydroxylation is 1. The second-order valence-electron chi connectivity index (χ2n) is 15.0. The number of carbonyl (C=O) groups is 3. The standard InChI is InChI=1S/C44H50Cl2N4O6/c1-54-37-15-8-7-12-29(37)16-19-35-40(43(52)55-2)42(39-33(45)13-9-14-34(39)46)41(44(53)56-3)36(47-35)26-38(51)49-22-20-48(21-23-49)32-24-30-17-18-31(25-32)50(30)27-28-10-5-4-6-11-28/h4-15,30-32,42,47H,16-27H2,1-3H3. The lowest BCUT2D eigenvalue weighted by molar-refractivity contribution is -0.137. The second-order valence-corrected chi connectivity index (χ2v) is 15.8. The number of fused-ring (bicyclic) bond motifs is 2. The van der Waals surface area contributed by atoms with Gasteiger partial charge in [-0.25, -0.2) is 9.59 Å². The van der Waals surface area contributed by atoms with Crippen LogP contribution in [0, 0.1) is 0 Å². The Morgan fingerprint density at radius 1 is 0.714 bits per heavy atom. The van der Waals surface area contributed by atoms with Crippen molar-refractivity contribution in [2.75, 3.05) is 47.5 Å². The van der Waals surface area contributed by atoms with E-state index >= 15 is 0 Å². The van der Waals surface area contributed by atoms with Crippen molar-refractivity contribution in [3.05, 3.63) is 122 Å². The molecule has 3 saturated heterocycles. The molecule has 0 aromatic heterocycles. The van der Waals surface area contributed by atoms with Gasteiger partial charge in [-0.2, -0.15) is 0 Å². The molecule has 10 nitrogen and oxygen atoms in total. The van der Waals surface area contributed by atoms with Crippen LogP contribution in [-0.2, 0) is 36.8 Å². The number of piperazine rings is 1. The van der Waals surface area contributed by atoms with Gasteiger partial charge in [0, 0.05) is 77.9 Å². The number of amides is 1. The number of allylic oxidation sites excluding steroid dienone is 1. The molecule has 3 fully saturated rings. The molecule has 3 aromatic carbocycles. The number of rotatable bonds is 12. The van der Waals surface area contributed by atoms with E-state index in [9.17, 15) is 14.4 Å². The smallest absolute Gasteiger partial charge is 0.336 e. The molecule has 0 radical (unpaired) electrons. The maximum atomic E-state index is 14.3. The van der Waals surface area contributed by atoms with E-state index in [0.29, 0.717) is 66.8 Å². The van der Waals surface area contributed by atoms with Crippen molar-refractivity contribution in [3.63, 3.8) is 0 Å². The number of para-hydroxylation sites is 1. The molecule has 0 spiro atoms. The minimum absolute atomic E-state index is 0.0914. The van der Waals surface area contributed by atoms with Crippen LogP contribution in [0.15, 0.2) is 95.3 Å². The number of ether oxygens (including phenoxy) is 3. The third kappa shape index (κ3) is 8.35. The normalized spacial score (nSPS) is 22.8. The van der Waals surface area contributed by atoms with Crippen molar-refractivity contribution < 1.29 is 28.6 Å². The van der Waals surface area contributed by atoms with Crippen molar-refractivity contribution >= 4 is 41.0 Å². The number of esters is 2. The van der Waals surface area contributed by atoms with E-state index in [4.69, 9.17) is 37.4 Å². The molecule has 4 aliphatic heterocycles. The average Bonchev–Trinajstić information content (AvgIpc) is 3.43. The SMILES string of the molecule is COC(=O)C1=C(CCc2ccccc2OC)NC(CC(=O)N2CCN(C3CC4CCC(C3)N4Cc3ccccc3)CC2)=C(C(=O)OC)C1c1c(Cl)cccc1Cl. The van der Waals surface area contributed by atoms with Gasteiger partial charge in [0.2, 0.25) is 5.91 Å². The van der Waals surface area contributed by atoms with E-state index in [1.165, 1.54) is 32.6 Å². The number of benzene rings is 3. The van der Waals surface area contributed by atoms with Crippen LogP contribution in [0.2, 0.25) is 10.0 Å². The first-order valence-electron chi connectivity index (χ1n) is 19.5. The fourth-order valence-corrected chi connectivity index (χ4v) is 9.90. The summed E-state index contributed by atoms with van der Waals surface area (Å²) >= 11 is 13.6. The van der Waals surface area contributed by atoms with Crippen molar-refractivity contribution in [3.8, 4) is 5.75 Å². The number of halogens is 2. The molecule has 12 heteroatoms. The molecule has 2 bridgehead atoms. The third-order valence-corrected chi connectivity index (χ3v) is 12.7. The number of hydrogen-bond donors (Lipinski definition) is 1. The predicted octanol–water partition coefficient (Wildman–Crippen LogP) is 6.91. The van der Waals surface area contributed by atoms with Gasteiger partial charge in [0.25, 0.3) is 0 Å². The summed E-state index contributed by atoms with van der Waals surface area (Å²) in [6.45, 7) is 3.76.